The van der Waals surface area contributed by atoms with Crippen molar-refractivity contribution in [3.8, 4) is 11.1 Å². The van der Waals surface area contributed by atoms with Crippen LogP contribution >= 0.6 is 0 Å². The van der Waals surface area contributed by atoms with Gasteiger partial charge in [0.15, 0.2) is 0 Å². The van der Waals surface area contributed by atoms with Gasteiger partial charge in [0.1, 0.15) is 5.56 Å². The highest BCUT2D eigenvalue weighted by Gasteiger charge is 2.18. The highest BCUT2D eigenvalue weighted by atomic mass is 16.5. The minimum absolute atomic E-state index is 0.177. The van der Waals surface area contributed by atoms with E-state index >= 15 is 0 Å². The zero-order valence-electron chi connectivity index (χ0n) is 14.4. The minimum Gasteiger partial charge on any atom is -0.477 e. The molecule has 1 aromatic heterocycles. The number of aromatic carboxylic acids is 1. The molecular weight excluding hydrogens is 318 g/mol. The normalized spacial score (nSPS) is 15.2. The van der Waals surface area contributed by atoms with Crippen molar-refractivity contribution in [2.75, 3.05) is 13.2 Å². The van der Waals surface area contributed by atoms with E-state index in [1.165, 1.54) is 11.8 Å². The molecule has 0 bridgehead atoms. The van der Waals surface area contributed by atoms with Crippen LogP contribution in [-0.2, 0) is 17.7 Å². The SMILES string of the molecule is CCc1ccc(-c2cn(CC3CCOCC3)cc(C(=O)O)c2=O)cc1. The second-order valence-electron chi connectivity index (χ2n) is 6.52. The molecule has 3 rings (SSSR count). The molecule has 0 unspecified atom stereocenters. The third-order valence-electron chi connectivity index (χ3n) is 4.79. The van der Waals surface area contributed by atoms with E-state index in [9.17, 15) is 14.7 Å². The Morgan fingerprint density at radius 3 is 2.48 bits per heavy atom. The zero-order chi connectivity index (χ0) is 17.8. The minimum atomic E-state index is -1.18. The molecule has 1 fully saturated rings. The number of nitrogens with zero attached hydrogens (tertiary/aromatic N) is 1. The number of aromatic nitrogens is 1. The highest BCUT2D eigenvalue weighted by Crippen LogP contribution is 2.21. The second kappa shape index (κ2) is 7.66. The van der Waals surface area contributed by atoms with Crippen molar-refractivity contribution in [1.82, 2.24) is 4.57 Å². The van der Waals surface area contributed by atoms with Crippen molar-refractivity contribution in [1.29, 1.82) is 0 Å². The predicted molar refractivity (Wildman–Crippen MR) is 96.0 cm³/mol. The number of rotatable bonds is 5. The van der Waals surface area contributed by atoms with Crippen molar-refractivity contribution in [2.24, 2.45) is 5.92 Å². The molecule has 0 radical (unpaired) electrons. The van der Waals surface area contributed by atoms with E-state index in [1.807, 2.05) is 28.8 Å². The number of hydrogen-bond acceptors (Lipinski definition) is 3. The average Bonchev–Trinajstić information content (AvgIpc) is 2.64. The van der Waals surface area contributed by atoms with Gasteiger partial charge >= 0.3 is 5.97 Å². The quantitative estimate of drug-likeness (QED) is 0.907. The van der Waals surface area contributed by atoms with E-state index in [4.69, 9.17) is 4.74 Å². The van der Waals surface area contributed by atoms with Gasteiger partial charge in [0.2, 0.25) is 5.43 Å². The summed E-state index contributed by atoms with van der Waals surface area (Å²) in [6.07, 6.45) is 6.07. The summed E-state index contributed by atoms with van der Waals surface area (Å²) < 4.78 is 7.23. The molecule has 1 aliphatic rings. The van der Waals surface area contributed by atoms with Gasteiger partial charge in [0.25, 0.3) is 0 Å². The van der Waals surface area contributed by atoms with Gasteiger partial charge in [-0.25, -0.2) is 4.79 Å². The third-order valence-corrected chi connectivity index (χ3v) is 4.79. The Bertz CT molecular complexity index is 801. The Hall–Kier alpha value is -2.40. The standard InChI is InChI=1S/C20H23NO4/c1-2-14-3-5-16(6-4-14)17-12-21(11-15-7-9-25-10-8-15)13-18(19(17)22)20(23)24/h3-6,12-13,15H,2,7-11H2,1H3,(H,23,24). The van der Waals surface area contributed by atoms with Gasteiger partial charge in [-0.1, -0.05) is 31.2 Å². The van der Waals surface area contributed by atoms with Crippen LogP contribution in [0.1, 0.15) is 35.7 Å². The fraction of sp³-hybridized carbons (Fsp3) is 0.400. The Kier molecular flexibility index (Phi) is 5.34. The molecule has 2 aromatic rings. The lowest BCUT2D eigenvalue weighted by Crippen LogP contribution is -2.24. The maximum Gasteiger partial charge on any atom is 0.341 e. The van der Waals surface area contributed by atoms with E-state index in [0.29, 0.717) is 18.0 Å². The summed E-state index contributed by atoms with van der Waals surface area (Å²) in [6.45, 7) is 4.24. The number of hydrogen-bond donors (Lipinski definition) is 1. The van der Waals surface area contributed by atoms with Gasteiger partial charge in [-0.05, 0) is 36.3 Å². The highest BCUT2D eigenvalue weighted by molar-refractivity contribution is 5.88. The number of aryl methyl sites for hydroxylation is 1. The predicted octanol–water partition coefficient (Wildman–Crippen LogP) is 3.20. The lowest BCUT2D eigenvalue weighted by Gasteiger charge is -2.23. The van der Waals surface area contributed by atoms with Gasteiger partial charge in [-0.3, -0.25) is 4.79 Å². The molecule has 1 aromatic carbocycles. The van der Waals surface area contributed by atoms with E-state index in [-0.39, 0.29) is 5.56 Å². The first-order valence-corrected chi connectivity index (χ1v) is 8.73. The Labute approximate surface area is 146 Å². The second-order valence-corrected chi connectivity index (χ2v) is 6.52. The van der Waals surface area contributed by atoms with E-state index in [1.54, 1.807) is 6.20 Å². The molecule has 2 heterocycles. The summed E-state index contributed by atoms with van der Waals surface area (Å²) in [7, 11) is 0. The molecule has 1 N–H and O–H groups in total. The fourth-order valence-corrected chi connectivity index (χ4v) is 3.24. The monoisotopic (exact) mass is 341 g/mol. The number of carboxylic acid groups (broad SMARTS) is 1. The maximum absolute atomic E-state index is 12.6. The van der Waals surface area contributed by atoms with Crippen LogP contribution in [0.25, 0.3) is 11.1 Å². The molecule has 132 valence electrons. The number of benzene rings is 1. The molecule has 0 spiro atoms. The van der Waals surface area contributed by atoms with E-state index < -0.39 is 11.4 Å². The smallest absolute Gasteiger partial charge is 0.341 e. The first kappa shape index (κ1) is 17.4. The first-order chi connectivity index (χ1) is 12.1. The molecular formula is C20H23NO4. The van der Waals surface area contributed by atoms with Crippen LogP contribution in [0.5, 0.6) is 0 Å². The number of carbonyl (C=O) groups is 1. The van der Waals surface area contributed by atoms with Crippen molar-refractivity contribution in [3.63, 3.8) is 0 Å². The lowest BCUT2D eigenvalue weighted by atomic mass is 9.99. The number of ether oxygens (including phenoxy) is 1. The maximum atomic E-state index is 12.6. The van der Waals surface area contributed by atoms with Crippen LogP contribution in [0.3, 0.4) is 0 Å². The third kappa shape index (κ3) is 3.99. The largest absolute Gasteiger partial charge is 0.477 e. The zero-order valence-corrected chi connectivity index (χ0v) is 14.4. The molecule has 0 amide bonds. The van der Waals surface area contributed by atoms with Crippen molar-refractivity contribution in [3.05, 3.63) is 58.0 Å². The van der Waals surface area contributed by atoms with E-state index in [0.717, 1.165) is 38.0 Å². The summed E-state index contributed by atoms with van der Waals surface area (Å²) in [4.78, 5) is 24.1. The summed E-state index contributed by atoms with van der Waals surface area (Å²) in [5, 5.41) is 9.42. The van der Waals surface area contributed by atoms with Crippen LogP contribution in [0.4, 0.5) is 0 Å². The molecule has 1 saturated heterocycles. The van der Waals surface area contributed by atoms with Gasteiger partial charge in [-0.2, -0.15) is 0 Å². The first-order valence-electron chi connectivity index (χ1n) is 8.73. The molecule has 0 aliphatic carbocycles. The van der Waals surface area contributed by atoms with Crippen molar-refractivity contribution >= 4 is 5.97 Å². The topological polar surface area (TPSA) is 68.5 Å². The van der Waals surface area contributed by atoms with Gasteiger partial charge < -0.3 is 14.4 Å². The van der Waals surface area contributed by atoms with E-state index in [2.05, 4.69) is 6.92 Å². The Balaban J connectivity index is 2.00. The molecule has 5 nitrogen and oxygen atoms in total. The van der Waals surface area contributed by atoms with Gasteiger partial charge in [-0.15, -0.1) is 0 Å². The Morgan fingerprint density at radius 1 is 1.20 bits per heavy atom. The van der Waals surface area contributed by atoms with Crippen molar-refractivity contribution < 1.29 is 14.6 Å². The van der Waals surface area contributed by atoms with Crippen LogP contribution in [0, 0.1) is 5.92 Å². The van der Waals surface area contributed by atoms with Crippen LogP contribution in [0.15, 0.2) is 41.5 Å². The summed E-state index contributed by atoms with van der Waals surface area (Å²) in [5.41, 5.74) is 1.77. The fourth-order valence-electron chi connectivity index (χ4n) is 3.24. The van der Waals surface area contributed by atoms with Crippen LogP contribution in [0.2, 0.25) is 0 Å². The summed E-state index contributed by atoms with van der Waals surface area (Å²) >= 11 is 0. The molecule has 25 heavy (non-hydrogen) atoms. The lowest BCUT2D eigenvalue weighted by molar-refractivity contribution is 0.0609. The molecule has 0 atom stereocenters. The van der Waals surface area contributed by atoms with Crippen molar-refractivity contribution in [2.45, 2.75) is 32.7 Å². The number of pyridine rings is 1. The van der Waals surface area contributed by atoms with Gasteiger partial charge in [0, 0.05) is 37.7 Å². The molecule has 5 heteroatoms. The molecule has 0 saturated carbocycles. The summed E-state index contributed by atoms with van der Waals surface area (Å²) in [6, 6.07) is 7.73. The summed E-state index contributed by atoms with van der Waals surface area (Å²) in [5.74, 6) is -0.744. The average molecular weight is 341 g/mol. The van der Waals surface area contributed by atoms with Crippen LogP contribution < -0.4 is 5.43 Å². The Morgan fingerprint density at radius 2 is 1.88 bits per heavy atom. The van der Waals surface area contributed by atoms with Gasteiger partial charge in [0.05, 0.1) is 0 Å². The molecule has 1 aliphatic heterocycles. The number of carboxylic acids is 1. The van der Waals surface area contributed by atoms with Crippen LogP contribution in [-0.4, -0.2) is 28.9 Å².